The predicted octanol–water partition coefficient (Wildman–Crippen LogP) is 0.464. The normalized spacial score (nSPS) is 34.3. The molecule has 0 aromatic heterocycles. The van der Waals surface area contributed by atoms with E-state index >= 15 is 0 Å². The number of hydrogen-bond donors (Lipinski definition) is 1. The molecule has 0 aromatic carbocycles. The SMILES string of the molecule is CN1CCC(C2CCS(=O)(=O)CC2)C(C(=O)O)C1. The maximum Gasteiger partial charge on any atom is 0.308 e. The van der Waals surface area contributed by atoms with Crippen molar-refractivity contribution in [3.05, 3.63) is 0 Å². The van der Waals surface area contributed by atoms with E-state index in [1.165, 1.54) is 0 Å². The number of carboxylic acid groups (broad SMARTS) is 1. The van der Waals surface area contributed by atoms with Crippen molar-refractivity contribution < 1.29 is 18.3 Å². The smallest absolute Gasteiger partial charge is 0.308 e. The predicted molar refractivity (Wildman–Crippen MR) is 68.1 cm³/mol. The molecule has 0 bridgehead atoms. The molecule has 0 amide bonds. The van der Waals surface area contributed by atoms with Crippen molar-refractivity contribution in [1.82, 2.24) is 4.90 Å². The van der Waals surface area contributed by atoms with Gasteiger partial charge in [-0.1, -0.05) is 0 Å². The number of nitrogens with zero attached hydrogens (tertiary/aromatic N) is 1. The minimum absolute atomic E-state index is 0.147. The third kappa shape index (κ3) is 3.03. The van der Waals surface area contributed by atoms with Gasteiger partial charge in [0.1, 0.15) is 9.84 Å². The molecular weight excluding hydrogens is 254 g/mol. The van der Waals surface area contributed by atoms with Gasteiger partial charge in [-0.05, 0) is 44.7 Å². The van der Waals surface area contributed by atoms with Crippen LogP contribution in [0.25, 0.3) is 0 Å². The molecule has 2 fully saturated rings. The van der Waals surface area contributed by atoms with E-state index < -0.39 is 15.8 Å². The van der Waals surface area contributed by atoms with E-state index in [4.69, 9.17) is 0 Å². The lowest BCUT2D eigenvalue weighted by molar-refractivity contribution is -0.147. The first-order valence-electron chi connectivity index (χ1n) is 6.51. The minimum atomic E-state index is -2.86. The van der Waals surface area contributed by atoms with Gasteiger partial charge in [-0.3, -0.25) is 4.79 Å². The quantitative estimate of drug-likeness (QED) is 0.792. The second-order valence-corrected chi connectivity index (χ2v) is 7.95. The summed E-state index contributed by atoms with van der Waals surface area (Å²) in [5, 5.41) is 9.31. The molecule has 2 aliphatic rings. The summed E-state index contributed by atoms with van der Waals surface area (Å²) in [6.07, 6.45) is 2.15. The van der Waals surface area contributed by atoms with Gasteiger partial charge in [-0.2, -0.15) is 0 Å². The van der Waals surface area contributed by atoms with Crippen LogP contribution in [-0.4, -0.2) is 56.0 Å². The van der Waals surface area contributed by atoms with Crippen LogP contribution in [0.1, 0.15) is 19.3 Å². The fourth-order valence-corrected chi connectivity index (χ4v) is 4.82. The molecule has 2 atom stereocenters. The van der Waals surface area contributed by atoms with Crippen LogP contribution in [0.3, 0.4) is 0 Å². The lowest BCUT2D eigenvalue weighted by atomic mass is 9.74. The average Bonchev–Trinajstić information content (AvgIpc) is 2.29. The van der Waals surface area contributed by atoms with E-state index in [9.17, 15) is 18.3 Å². The summed E-state index contributed by atoms with van der Waals surface area (Å²) in [5.41, 5.74) is 0. The zero-order valence-electron chi connectivity index (χ0n) is 10.7. The molecule has 0 radical (unpaired) electrons. The Hall–Kier alpha value is -0.620. The Labute approximate surface area is 108 Å². The summed E-state index contributed by atoms with van der Waals surface area (Å²) in [6.45, 7) is 1.50. The monoisotopic (exact) mass is 275 g/mol. The molecule has 2 saturated heterocycles. The average molecular weight is 275 g/mol. The Kier molecular flexibility index (Phi) is 3.96. The van der Waals surface area contributed by atoms with Gasteiger partial charge in [-0.15, -0.1) is 0 Å². The van der Waals surface area contributed by atoms with Crippen LogP contribution >= 0.6 is 0 Å². The molecule has 2 unspecified atom stereocenters. The lowest BCUT2D eigenvalue weighted by Gasteiger charge is -2.40. The zero-order chi connectivity index (χ0) is 13.3. The van der Waals surface area contributed by atoms with Gasteiger partial charge in [0, 0.05) is 6.54 Å². The first-order valence-corrected chi connectivity index (χ1v) is 8.33. The molecule has 6 heteroatoms. The molecule has 2 rings (SSSR count). The summed E-state index contributed by atoms with van der Waals surface area (Å²) < 4.78 is 22.8. The molecule has 18 heavy (non-hydrogen) atoms. The highest BCUT2D eigenvalue weighted by Crippen LogP contribution is 2.36. The first kappa shape index (κ1) is 13.8. The Morgan fingerprint density at radius 1 is 1.22 bits per heavy atom. The maximum atomic E-state index is 11.4. The van der Waals surface area contributed by atoms with E-state index in [-0.39, 0.29) is 29.3 Å². The summed E-state index contributed by atoms with van der Waals surface area (Å²) in [7, 11) is -0.919. The Morgan fingerprint density at radius 2 is 1.83 bits per heavy atom. The third-order valence-corrected chi connectivity index (χ3v) is 6.11. The zero-order valence-corrected chi connectivity index (χ0v) is 11.5. The maximum absolute atomic E-state index is 11.4. The molecule has 0 saturated carbocycles. The number of carboxylic acids is 1. The molecule has 0 aliphatic carbocycles. The number of rotatable bonds is 2. The van der Waals surface area contributed by atoms with E-state index in [1.807, 2.05) is 7.05 Å². The van der Waals surface area contributed by atoms with Gasteiger partial charge in [0.15, 0.2) is 0 Å². The standard InChI is InChI=1S/C12H21NO4S/c1-13-5-2-10(11(8-13)12(14)15)9-3-6-18(16,17)7-4-9/h9-11H,2-8H2,1H3,(H,14,15). The van der Waals surface area contributed by atoms with E-state index in [1.54, 1.807) is 0 Å². The molecule has 2 aliphatic heterocycles. The number of aliphatic carboxylic acids is 1. The van der Waals surface area contributed by atoms with Crippen LogP contribution in [0, 0.1) is 17.8 Å². The van der Waals surface area contributed by atoms with Gasteiger partial charge >= 0.3 is 5.97 Å². The van der Waals surface area contributed by atoms with Crippen LogP contribution < -0.4 is 0 Å². The highest BCUT2D eigenvalue weighted by atomic mass is 32.2. The van der Waals surface area contributed by atoms with Gasteiger partial charge in [-0.25, -0.2) is 8.42 Å². The Bertz CT molecular complexity index is 406. The van der Waals surface area contributed by atoms with Crippen LogP contribution in [0.15, 0.2) is 0 Å². The van der Waals surface area contributed by atoms with Crippen LogP contribution in [-0.2, 0) is 14.6 Å². The molecule has 5 nitrogen and oxygen atoms in total. The topological polar surface area (TPSA) is 74.7 Å². The fourth-order valence-electron chi connectivity index (χ4n) is 3.29. The summed E-state index contributed by atoms with van der Waals surface area (Å²) in [4.78, 5) is 13.4. The first-order chi connectivity index (χ1) is 8.39. The molecule has 2 heterocycles. The van der Waals surface area contributed by atoms with Crippen LogP contribution in [0.2, 0.25) is 0 Å². The van der Waals surface area contributed by atoms with Crippen molar-refractivity contribution in [2.75, 3.05) is 31.6 Å². The summed E-state index contributed by atoms with van der Waals surface area (Å²) >= 11 is 0. The Morgan fingerprint density at radius 3 is 2.39 bits per heavy atom. The highest BCUT2D eigenvalue weighted by Gasteiger charge is 2.39. The van der Waals surface area contributed by atoms with E-state index in [0.29, 0.717) is 19.4 Å². The molecule has 0 spiro atoms. The Balaban J connectivity index is 2.05. The fraction of sp³-hybridized carbons (Fsp3) is 0.917. The van der Waals surface area contributed by atoms with Crippen molar-refractivity contribution in [2.24, 2.45) is 17.8 Å². The third-order valence-electron chi connectivity index (χ3n) is 4.39. The van der Waals surface area contributed by atoms with E-state index in [0.717, 1.165) is 13.0 Å². The van der Waals surface area contributed by atoms with Gasteiger partial charge in [0.25, 0.3) is 0 Å². The van der Waals surface area contributed by atoms with Crippen molar-refractivity contribution in [2.45, 2.75) is 19.3 Å². The number of likely N-dealkylation sites (tertiary alicyclic amines) is 1. The van der Waals surface area contributed by atoms with Gasteiger partial charge in [0.2, 0.25) is 0 Å². The van der Waals surface area contributed by atoms with Crippen LogP contribution in [0.5, 0.6) is 0 Å². The largest absolute Gasteiger partial charge is 0.481 e. The number of carbonyl (C=O) groups is 1. The number of hydrogen-bond acceptors (Lipinski definition) is 4. The van der Waals surface area contributed by atoms with Crippen molar-refractivity contribution in [1.29, 1.82) is 0 Å². The second kappa shape index (κ2) is 5.17. The van der Waals surface area contributed by atoms with Gasteiger partial charge in [0.05, 0.1) is 17.4 Å². The van der Waals surface area contributed by atoms with Crippen molar-refractivity contribution >= 4 is 15.8 Å². The molecule has 0 aromatic rings. The molecule has 104 valence electrons. The van der Waals surface area contributed by atoms with Crippen molar-refractivity contribution in [3.63, 3.8) is 0 Å². The van der Waals surface area contributed by atoms with Crippen molar-refractivity contribution in [3.8, 4) is 0 Å². The lowest BCUT2D eigenvalue weighted by Crippen LogP contribution is -2.45. The molecule has 1 N–H and O–H groups in total. The molecular formula is C12H21NO4S. The summed E-state index contributed by atoms with van der Waals surface area (Å²) in [5.74, 6) is -0.195. The van der Waals surface area contributed by atoms with Crippen LogP contribution in [0.4, 0.5) is 0 Å². The van der Waals surface area contributed by atoms with E-state index in [2.05, 4.69) is 4.90 Å². The van der Waals surface area contributed by atoms with Gasteiger partial charge < -0.3 is 10.0 Å². The second-order valence-electron chi connectivity index (χ2n) is 5.65. The highest BCUT2D eigenvalue weighted by molar-refractivity contribution is 7.91. The summed E-state index contributed by atoms with van der Waals surface area (Å²) in [6, 6.07) is 0. The minimum Gasteiger partial charge on any atom is -0.481 e. The number of sulfone groups is 1. The number of piperidine rings is 1.